The van der Waals surface area contributed by atoms with E-state index in [1.165, 1.54) is 11.3 Å². The molecule has 1 amide bonds. The fraction of sp³-hybridized carbons (Fsp3) is 0.179. The monoisotopic (exact) mass is 528 g/mol. The number of H-pyrrole nitrogens is 1. The number of carbonyl (C=O) groups is 1. The van der Waals surface area contributed by atoms with Crippen LogP contribution < -0.4 is 19.1 Å². The third-order valence-electron chi connectivity index (χ3n) is 6.48. The largest absolute Gasteiger partial charge is 0.497 e. The Morgan fingerprint density at radius 3 is 2.55 bits per heavy atom. The zero-order chi connectivity index (χ0) is 26.2. The number of methoxy groups -OCH3 is 2. The molecule has 2 aromatic heterocycles. The molecule has 3 aromatic carbocycles. The maximum Gasteiger partial charge on any atom is 0.279 e. The van der Waals surface area contributed by atoms with Gasteiger partial charge in [0.05, 0.1) is 42.8 Å². The minimum atomic E-state index is -0.564. The Morgan fingerprint density at radius 2 is 1.79 bits per heavy atom. The number of aliphatic hydroxyl groups is 1. The second kappa shape index (κ2) is 9.81. The number of rotatable bonds is 8. The lowest BCUT2D eigenvalue weighted by Gasteiger charge is -2.25. The van der Waals surface area contributed by atoms with E-state index in [4.69, 9.17) is 19.2 Å². The molecule has 0 aliphatic carbocycles. The first-order chi connectivity index (χ1) is 18.6. The van der Waals surface area contributed by atoms with E-state index in [9.17, 15) is 9.90 Å². The van der Waals surface area contributed by atoms with Gasteiger partial charge >= 0.3 is 0 Å². The molecule has 1 aliphatic rings. The molecule has 2 N–H and O–H groups in total. The fourth-order valence-electron chi connectivity index (χ4n) is 4.73. The molecule has 1 unspecified atom stereocenters. The number of carbonyl (C=O) groups excluding carboxylic acids is 1. The summed E-state index contributed by atoms with van der Waals surface area (Å²) >= 11 is 1.43. The predicted molar refractivity (Wildman–Crippen MR) is 144 cm³/mol. The number of fused-ring (bicyclic) bond motifs is 2. The van der Waals surface area contributed by atoms with Crippen molar-refractivity contribution in [3.8, 4) is 28.5 Å². The smallest absolute Gasteiger partial charge is 0.279 e. The van der Waals surface area contributed by atoms with Gasteiger partial charge in [0.25, 0.3) is 5.91 Å². The normalized spacial score (nSPS) is 14.7. The molecule has 6 rings (SSSR count). The predicted octanol–water partition coefficient (Wildman–Crippen LogP) is 4.82. The number of hydrogen-bond donors (Lipinski definition) is 2. The van der Waals surface area contributed by atoms with E-state index in [1.54, 1.807) is 19.1 Å². The standard InChI is InChI=1S/C28H24N4O5S/c1-35-17-9-7-16(8-10-17)24-23-25(31-30-24)27(34)32(26(23)19-5-3-4-6-21(19)37-14-13-33)28-29-20-15-18(36-2)11-12-22(20)38-28/h3-12,15,26,33H,13-14H2,1-2H3,(H,30,31). The minimum absolute atomic E-state index is 0.127. The van der Waals surface area contributed by atoms with Gasteiger partial charge in [0, 0.05) is 22.8 Å². The zero-order valence-electron chi connectivity index (χ0n) is 20.7. The highest BCUT2D eigenvalue weighted by molar-refractivity contribution is 7.22. The Hall–Kier alpha value is -4.41. The van der Waals surface area contributed by atoms with Gasteiger partial charge in [0.2, 0.25) is 0 Å². The van der Waals surface area contributed by atoms with Crippen molar-refractivity contribution in [2.45, 2.75) is 6.04 Å². The number of nitrogens with zero attached hydrogens (tertiary/aromatic N) is 3. The lowest BCUT2D eigenvalue weighted by Crippen LogP contribution is -2.29. The molecular weight excluding hydrogens is 504 g/mol. The van der Waals surface area contributed by atoms with Gasteiger partial charge in [-0.2, -0.15) is 5.10 Å². The van der Waals surface area contributed by atoms with E-state index in [2.05, 4.69) is 10.2 Å². The van der Waals surface area contributed by atoms with Gasteiger partial charge in [0.1, 0.15) is 29.5 Å². The van der Waals surface area contributed by atoms with Gasteiger partial charge in [-0.1, -0.05) is 29.5 Å². The van der Waals surface area contributed by atoms with Crippen molar-refractivity contribution < 1.29 is 24.1 Å². The molecule has 0 fully saturated rings. The molecule has 10 heteroatoms. The van der Waals surface area contributed by atoms with Crippen molar-refractivity contribution in [2.24, 2.45) is 0 Å². The summed E-state index contributed by atoms with van der Waals surface area (Å²) in [6.45, 7) is -0.00238. The molecule has 9 nitrogen and oxygen atoms in total. The van der Waals surface area contributed by atoms with Crippen molar-refractivity contribution in [1.82, 2.24) is 15.2 Å². The van der Waals surface area contributed by atoms with Crippen LogP contribution in [0, 0.1) is 0 Å². The lowest BCUT2D eigenvalue weighted by molar-refractivity contribution is 0.0988. The number of anilines is 1. The topological polar surface area (TPSA) is 110 Å². The number of para-hydroxylation sites is 1. The summed E-state index contributed by atoms with van der Waals surface area (Å²) in [4.78, 5) is 20.5. The first-order valence-electron chi connectivity index (χ1n) is 12.0. The van der Waals surface area contributed by atoms with Crippen LogP contribution >= 0.6 is 11.3 Å². The van der Waals surface area contributed by atoms with E-state index in [0.29, 0.717) is 28.0 Å². The fourth-order valence-corrected chi connectivity index (χ4v) is 5.70. The van der Waals surface area contributed by atoms with Crippen LogP contribution in [0.4, 0.5) is 5.13 Å². The van der Waals surface area contributed by atoms with Gasteiger partial charge in [-0.15, -0.1) is 0 Å². The van der Waals surface area contributed by atoms with Gasteiger partial charge in [-0.25, -0.2) is 4.98 Å². The summed E-state index contributed by atoms with van der Waals surface area (Å²) in [6.07, 6.45) is 0. The van der Waals surface area contributed by atoms with Crippen molar-refractivity contribution in [1.29, 1.82) is 0 Å². The summed E-state index contributed by atoms with van der Waals surface area (Å²) in [5.41, 5.74) is 4.13. The van der Waals surface area contributed by atoms with E-state index < -0.39 is 6.04 Å². The number of benzene rings is 3. The number of ether oxygens (including phenoxy) is 3. The van der Waals surface area contributed by atoms with Crippen molar-refractivity contribution in [3.05, 3.63) is 83.6 Å². The number of thiazole rings is 1. The van der Waals surface area contributed by atoms with E-state index in [-0.39, 0.29) is 19.1 Å². The summed E-state index contributed by atoms with van der Waals surface area (Å²) in [7, 11) is 3.22. The van der Waals surface area contributed by atoms with Gasteiger partial charge in [0.15, 0.2) is 5.13 Å². The highest BCUT2D eigenvalue weighted by atomic mass is 32.1. The first kappa shape index (κ1) is 24.0. The van der Waals surface area contributed by atoms with Crippen LogP contribution in [-0.4, -0.2) is 53.6 Å². The average molecular weight is 529 g/mol. The Morgan fingerprint density at radius 1 is 1.03 bits per heavy atom. The maximum atomic E-state index is 13.9. The average Bonchev–Trinajstić information content (AvgIpc) is 3.65. The van der Waals surface area contributed by atoms with Crippen LogP contribution in [-0.2, 0) is 0 Å². The molecule has 0 bridgehead atoms. The van der Waals surface area contributed by atoms with Gasteiger partial charge in [-0.3, -0.25) is 14.8 Å². The molecule has 1 aliphatic heterocycles. The summed E-state index contributed by atoms with van der Waals surface area (Å²) in [5.74, 6) is 1.75. The highest BCUT2D eigenvalue weighted by Crippen LogP contribution is 2.48. The van der Waals surface area contributed by atoms with Gasteiger partial charge in [-0.05, 0) is 42.5 Å². The highest BCUT2D eigenvalue weighted by Gasteiger charge is 2.45. The third-order valence-corrected chi connectivity index (χ3v) is 7.52. The molecule has 5 aromatic rings. The number of hydrogen-bond acceptors (Lipinski definition) is 8. The second-order valence-corrected chi connectivity index (χ2v) is 9.62. The number of aliphatic hydroxyl groups excluding tert-OH is 1. The molecule has 38 heavy (non-hydrogen) atoms. The molecular formula is C28H24N4O5S. The summed E-state index contributed by atoms with van der Waals surface area (Å²) in [5, 5.41) is 17.5. The SMILES string of the molecule is COc1ccc(-c2n[nH]c3c2C(c2ccccc2OCCO)N(c2nc4cc(OC)ccc4s2)C3=O)cc1. The quantitative estimate of drug-likeness (QED) is 0.297. The van der Waals surface area contributed by atoms with Crippen LogP contribution in [0.1, 0.15) is 27.7 Å². The lowest BCUT2D eigenvalue weighted by atomic mass is 9.95. The molecule has 3 heterocycles. The first-order valence-corrected chi connectivity index (χ1v) is 12.8. The molecule has 0 radical (unpaired) electrons. The Kier molecular flexibility index (Phi) is 6.18. The van der Waals surface area contributed by atoms with Crippen molar-refractivity contribution >= 4 is 32.6 Å². The Balaban J connectivity index is 1.54. The van der Waals surface area contributed by atoms with Crippen LogP contribution in [0.25, 0.3) is 21.5 Å². The maximum absolute atomic E-state index is 13.9. The van der Waals surface area contributed by atoms with Crippen molar-refractivity contribution in [2.75, 3.05) is 32.3 Å². The molecule has 1 atom stereocenters. The number of aromatic nitrogens is 3. The van der Waals surface area contributed by atoms with E-state index in [1.807, 2.05) is 66.7 Å². The summed E-state index contributed by atoms with van der Waals surface area (Å²) < 4.78 is 17.5. The Labute approximate surface area is 222 Å². The van der Waals surface area contributed by atoms with Gasteiger partial charge < -0.3 is 19.3 Å². The number of amides is 1. The third kappa shape index (κ3) is 3.94. The van der Waals surface area contributed by atoms with Crippen molar-refractivity contribution in [3.63, 3.8) is 0 Å². The van der Waals surface area contributed by atoms with E-state index in [0.717, 1.165) is 32.7 Å². The minimum Gasteiger partial charge on any atom is -0.497 e. The van der Waals surface area contributed by atoms with Crippen LogP contribution in [0.15, 0.2) is 66.7 Å². The Bertz CT molecular complexity index is 1630. The van der Waals surface area contributed by atoms with Crippen LogP contribution in [0.2, 0.25) is 0 Å². The van der Waals surface area contributed by atoms with E-state index >= 15 is 0 Å². The number of aromatic amines is 1. The molecule has 0 spiro atoms. The molecule has 0 saturated carbocycles. The summed E-state index contributed by atoms with van der Waals surface area (Å²) in [6, 6.07) is 20.2. The second-order valence-electron chi connectivity index (χ2n) is 8.61. The van der Waals surface area contributed by atoms with Crippen LogP contribution in [0.3, 0.4) is 0 Å². The number of nitrogens with one attached hydrogen (secondary N) is 1. The molecule has 192 valence electrons. The zero-order valence-corrected chi connectivity index (χ0v) is 21.5. The van der Waals surface area contributed by atoms with Crippen LogP contribution in [0.5, 0.6) is 17.2 Å². The molecule has 0 saturated heterocycles.